The second kappa shape index (κ2) is 6.48. The molecule has 0 amide bonds. The Morgan fingerprint density at radius 2 is 1.80 bits per heavy atom. The van der Waals surface area contributed by atoms with Crippen LogP contribution < -0.4 is 5.32 Å². The van der Waals surface area contributed by atoms with Crippen molar-refractivity contribution in [3.63, 3.8) is 0 Å². The fourth-order valence-corrected chi connectivity index (χ4v) is 2.08. The maximum atomic E-state index is 13.7. The molecule has 2 rings (SSSR count). The molecule has 0 spiro atoms. The summed E-state index contributed by atoms with van der Waals surface area (Å²) < 4.78 is 26.5. The van der Waals surface area contributed by atoms with Gasteiger partial charge in [0.1, 0.15) is 11.6 Å². The SMILES string of the molecule is CC(Nc1ccc(CCO)cc1)c1ccc(F)cc1F. The molecule has 0 saturated carbocycles. The maximum absolute atomic E-state index is 13.7. The van der Waals surface area contributed by atoms with Crippen LogP contribution in [0.15, 0.2) is 42.5 Å². The molecule has 0 aliphatic carbocycles. The maximum Gasteiger partial charge on any atom is 0.131 e. The molecule has 0 saturated heterocycles. The Bertz CT molecular complexity index is 569. The number of hydrogen-bond donors (Lipinski definition) is 2. The Kier molecular flexibility index (Phi) is 4.69. The van der Waals surface area contributed by atoms with Gasteiger partial charge in [0.05, 0.1) is 6.04 Å². The van der Waals surface area contributed by atoms with E-state index in [9.17, 15) is 8.78 Å². The largest absolute Gasteiger partial charge is 0.396 e. The smallest absolute Gasteiger partial charge is 0.131 e. The summed E-state index contributed by atoms with van der Waals surface area (Å²) in [4.78, 5) is 0. The number of benzene rings is 2. The average Bonchev–Trinajstić information content (AvgIpc) is 2.41. The lowest BCUT2D eigenvalue weighted by atomic mass is 10.1. The average molecular weight is 277 g/mol. The first-order chi connectivity index (χ1) is 9.60. The molecule has 106 valence electrons. The fraction of sp³-hybridized carbons (Fsp3) is 0.250. The number of aliphatic hydroxyl groups excluding tert-OH is 1. The summed E-state index contributed by atoms with van der Waals surface area (Å²) in [7, 11) is 0. The van der Waals surface area contributed by atoms with Crippen LogP contribution in [0.1, 0.15) is 24.1 Å². The fourth-order valence-electron chi connectivity index (χ4n) is 2.08. The first-order valence-electron chi connectivity index (χ1n) is 6.51. The number of aliphatic hydroxyl groups is 1. The molecular weight excluding hydrogens is 260 g/mol. The van der Waals surface area contributed by atoms with E-state index in [1.54, 1.807) is 0 Å². The second-order valence-corrected chi connectivity index (χ2v) is 4.70. The van der Waals surface area contributed by atoms with Crippen LogP contribution >= 0.6 is 0 Å². The molecule has 2 N–H and O–H groups in total. The quantitative estimate of drug-likeness (QED) is 0.874. The highest BCUT2D eigenvalue weighted by Crippen LogP contribution is 2.22. The van der Waals surface area contributed by atoms with Crippen molar-refractivity contribution in [3.05, 3.63) is 65.2 Å². The summed E-state index contributed by atoms with van der Waals surface area (Å²) in [5.74, 6) is -1.13. The van der Waals surface area contributed by atoms with Crippen molar-refractivity contribution in [1.29, 1.82) is 0 Å². The molecule has 2 aromatic rings. The van der Waals surface area contributed by atoms with Gasteiger partial charge in [0, 0.05) is 23.9 Å². The molecule has 1 atom stereocenters. The molecule has 2 aromatic carbocycles. The van der Waals surface area contributed by atoms with Gasteiger partial charge in [-0.25, -0.2) is 8.78 Å². The van der Waals surface area contributed by atoms with Crippen molar-refractivity contribution < 1.29 is 13.9 Å². The third kappa shape index (κ3) is 3.54. The molecule has 2 nitrogen and oxygen atoms in total. The topological polar surface area (TPSA) is 32.3 Å². The van der Waals surface area contributed by atoms with Gasteiger partial charge >= 0.3 is 0 Å². The van der Waals surface area contributed by atoms with Gasteiger partial charge in [0.2, 0.25) is 0 Å². The molecule has 0 fully saturated rings. The molecule has 1 unspecified atom stereocenters. The van der Waals surface area contributed by atoms with Crippen LogP contribution in [0.5, 0.6) is 0 Å². The van der Waals surface area contributed by atoms with Gasteiger partial charge in [-0.1, -0.05) is 18.2 Å². The van der Waals surface area contributed by atoms with E-state index in [1.807, 2.05) is 31.2 Å². The normalized spacial score (nSPS) is 12.2. The van der Waals surface area contributed by atoms with Crippen molar-refractivity contribution in [1.82, 2.24) is 0 Å². The van der Waals surface area contributed by atoms with Crippen molar-refractivity contribution in [2.24, 2.45) is 0 Å². The van der Waals surface area contributed by atoms with E-state index < -0.39 is 11.6 Å². The van der Waals surface area contributed by atoms with E-state index in [0.717, 1.165) is 17.3 Å². The zero-order chi connectivity index (χ0) is 14.5. The molecule has 0 bridgehead atoms. The van der Waals surface area contributed by atoms with Crippen molar-refractivity contribution >= 4 is 5.69 Å². The summed E-state index contributed by atoms with van der Waals surface area (Å²) >= 11 is 0. The second-order valence-electron chi connectivity index (χ2n) is 4.70. The first kappa shape index (κ1) is 14.5. The number of nitrogens with one attached hydrogen (secondary N) is 1. The van der Waals surface area contributed by atoms with Crippen LogP contribution in [0.2, 0.25) is 0 Å². The van der Waals surface area contributed by atoms with E-state index in [-0.39, 0.29) is 12.6 Å². The van der Waals surface area contributed by atoms with Crippen molar-refractivity contribution in [2.75, 3.05) is 11.9 Å². The molecule has 0 aromatic heterocycles. The summed E-state index contributed by atoms with van der Waals surface area (Å²) in [6, 6.07) is 10.9. The first-order valence-corrected chi connectivity index (χ1v) is 6.51. The van der Waals surface area contributed by atoms with Crippen molar-refractivity contribution in [2.45, 2.75) is 19.4 Å². The van der Waals surface area contributed by atoms with Crippen LogP contribution in [-0.2, 0) is 6.42 Å². The van der Waals surface area contributed by atoms with Crippen LogP contribution in [0, 0.1) is 11.6 Å². The highest BCUT2D eigenvalue weighted by atomic mass is 19.1. The lowest BCUT2D eigenvalue weighted by Gasteiger charge is -2.16. The Labute approximate surface area is 117 Å². The van der Waals surface area contributed by atoms with Gasteiger partial charge < -0.3 is 10.4 Å². The third-order valence-electron chi connectivity index (χ3n) is 3.17. The molecule has 4 heteroatoms. The number of rotatable bonds is 5. The van der Waals surface area contributed by atoms with E-state index >= 15 is 0 Å². The van der Waals surface area contributed by atoms with Gasteiger partial charge in [0.25, 0.3) is 0 Å². The lowest BCUT2D eigenvalue weighted by Crippen LogP contribution is -2.09. The van der Waals surface area contributed by atoms with Gasteiger partial charge in [-0.15, -0.1) is 0 Å². The highest BCUT2D eigenvalue weighted by molar-refractivity contribution is 5.46. The van der Waals surface area contributed by atoms with Gasteiger partial charge in [0.15, 0.2) is 0 Å². The lowest BCUT2D eigenvalue weighted by molar-refractivity contribution is 0.299. The predicted molar refractivity (Wildman–Crippen MR) is 75.6 cm³/mol. The molecule has 20 heavy (non-hydrogen) atoms. The minimum atomic E-state index is -0.577. The van der Waals surface area contributed by atoms with Crippen LogP contribution in [-0.4, -0.2) is 11.7 Å². The molecular formula is C16H17F2NO. The number of hydrogen-bond acceptors (Lipinski definition) is 2. The van der Waals surface area contributed by atoms with Crippen LogP contribution in [0.3, 0.4) is 0 Å². The van der Waals surface area contributed by atoms with E-state index in [2.05, 4.69) is 5.32 Å². The van der Waals surface area contributed by atoms with E-state index in [0.29, 0.717) is 12.0 Å². The molecule has 0 radical (unpaired) electrons. The predicted octanol–water partition coefficient (Wildman–Crippen LogP) is 3.67. The summed E-state index contributed by atoms with van der Waals surface area (Å²) in [5, 5.41) is 12.0. The van der Waals surface area contributed by atoms with Crippen molar-refractivity contribution in [3.8, 4) is 0 Å². The van der Waals surface area contributed by atoms with E-state index in [1.165, 1.54) is 12.1 Å². The van der Waals surface area contributed by atoms with Crippen LogP contribution in [0.4, 0.5) is 14.5 Å². The number of halogens is 2. The molecule has 0 aliphatic rings. The standard InChI is InChI=1S/C16H17F2NO/c1-11(15-7-4-13(17)10-16(15)18)19-14-5-2-12(3-6-14)8-9-20/h2-7,10-11,19-20H,8-9H2,1H3. The van der Waals surface area contributed by atoms with Crippen LogP contribution in [0.25, 0.3) is 0 Å². The highest BCUT2D eigenvalue weighted by Gasteiger charge is 2.11. The molecule has 0 aliphatic heterocycles. The van der Waals surface area contributed by atoms with E-state index in [4.69, 9.17) is 5.11 Å². The monoisotopic (exact) mass is 277 g/mol. The summed E-state index contributed by atoms with van der Waals surface area (Å²) in [6.07, 6.45) is 0.614. The van der Waals surface area contributed by atoms with Gasteiger partial charge in [-0.2, -0.15) is 0 Å². The minimum absolute atomic E-state index is 0.115. The number of anilines is 1. The summed E-state index contributed by atoms with van der Waals surface area (Å²) in [5.41, 5.74) is 2.31. The van der Waals surface area contributed by atoms with Gasteiger partial charge in [-0.05, 0) is 37.1 Å². The Morgan fingerprint density at radius 3 is 2.40 bits per heavy atom. The summed E-state index contributed by atoms with van der Waals surface area (Å²) in [6.45, 7) is 1.93. The Balaban J connectivity index is 2.08. The molecule has 0 heterocycles. The minimum Gasteiger partial charge on any atom is -0.396 e. The zero-order valence-corrected chi connectivity index (χ0v) is 11.2. The third-order valence-corrected chi connectivity index (χ3v) is 3.17. The Hall–Kier alpha value is -1.94. The zero-order valence-electron chi connectivity index (χ0n) is 11.2. The van der Waals surface area contributed by atoms with Gasteiger partial charge in [-0.3, -0.25) is 0 Å². The Morgan fingerprint density at radius 1 is 1.10 bits per heavy atom.